The number of hydrogen-bond donors (Lipinski definition) is 0. The Morgan fingerprint density at radius 1 is 1.05 bits per heavy atom. The first-order valence-corrected chi connectivity index (χ1v) is 7.26. The largest absolute Gasteiger partial charge is 0.379 e. The van der Waals surface area contributed by atoms with Crippen LogP contribution >= 0.6 is 0 Å². The summed E-state index contributed by atoms with van der Waals surface area (Å²) in [5.41, 5.74) is 0.783. The van der Waals surface area contributed by atoms with Gasteiger partial charge in [0.15, 0.2) is 5.78 Å². The Kier molecular flexibility index (Phi) is 3.67. The first-order valence-electron chi connectivity index (χ1n) is 7.26. The van der Waals surface area contributed by atoms with Crippen LogP contribution in [0, 0.1) is 0 Å². The zero-order valence-corrected chi connectivity index (χ0v) is 11.3. The van der Waals surface area contributed by atoms with Gasteiger partial charge in [-0.1, -0.05) is 36.8 Å². The molecule has 1 unspecified atom stereocenters. The Morgan fingerprint density at radius 2 is 1.79 bits per heavy atom. The third-order valence-corrected chi connectivity index (χ3v) is 4.46. The summed E-state index contributed by atoms with van der Waals surface area (Å²) in [7, 11) is 0. The van der Waals surface area contributed by atoms with Crippen molar-refractivity contribution in [3.05, 3.63) is 35.9 Å². The number of ether oxygens (including phenoxy) is 1. The van der Waals surface area contributed by atoms with Crippen LogP contribution in [0.4, 0.5) is 0 Å². The van der Waals surface area contributed by atoms with E-state index in [0.29, 0.717) is 12.2 Å². The van der Waals surface area contributed by atoms with Crippen LogP contribution in [-0.4, -0.2) is 37.0 Å². The van der Waals surface area contributed by atoms with Crippen molar-refractivity contribution in [2.75, 3.05) is 26.3 Å². The summed E-state index contributed by atoms with van der Waals surface area (Å²) in [6.45, 7) is 3.20. The van der Waals surface area contributed by atoms with Crippen molar-refractivity contribution >= 4 is 5.78 Å². The summed E-state index contributed by atoms with van der Waals surface area (Å²) >= 11 is 0. The van der Waals surface area contributed by atoms with E-state index in [0.717, 1.165) is 45.6 Å². The smallest absolute Gasteiger partial charge is 0.157 e. The summed E-state index contributed by atoms with van der Waals surface area (Å²) in [5, 5.41) is 0. The molecule has 1 aromatic carbocycles. The van der Waals surface area contributed by atoms with Crippen LogP contribution in [0.1, 0.15) is 31.2 Å². The van der Waals surface area contributed by atoms with E-state index in [1.807, 2.05) is 18.2 Å². The number of nitrogens with zero attached hydrogens (tertiary/aromatic N) is 1. The average molecular weight is 259 g/mol. The summed E-state index contributed by atoms with van der Waals surface area (Å²) < 4.78 is 5.45. The van der Waals surface area contributed by atoms with Crippen LogP contribution in [0.25, 0.3) is 0 Å². The molecule has 0 bridgehead atoms. The van der Waals surface area contributed by atoms with E-state index in [4.69, 9.17) is 4.74 Å². The molecule has 102 valence electrons. The maximum Gasteiger partial charge on any atom is 0.157 e. The number of morpholine rings is 1. The molecule has 3 heteroatoms. The van der Waals surface area contributed by atoms with Crippen LogP contribution in [0.2, 0.25) is 0 Å². The fourth-order valence-electron chi connectivity index (χ4n) is 3.49. The van der Waals surface area contributed by atoms with Crippen LogP contribution in [0.3, 0.4) is 0 Å². The highest BCUT2D eigenvalue weighted by molar-refractivity contribution is 5.90. The van der Waals surface area contributed by atoms with Crippen molar-refractivity contribution < 1.29 is 9.53 Å². The summed E-state index contributed by atoms with van der Waals surface area (Å²) in [6, 6.07) is 10.3. The fourth-order valence-corrected chi connectivity index (χ4v) is 3.49. The lowest BCUT2D eigenvalue weighted by atomic mass is 9.74. The molecule has 0 radical (unpaired) electrons. The summed E-state index contributed by atoms with van der Waals surface area (Å²) in [6.07, 6.45) is 3.85. The maximum atomic E-state index is 12.7. The third-order valence-electron chi connectivity index (χ3n) is 4.46. The van der Waals surface area contributed by atoms with E-state index in [1.54, 1.807) is 0 Å². The fraction of sp³-hybridized carbons (Fsp3) is 0.562. The Bertz CT molecular complexity index is 439. The Balaban J connectivity index is 2.01. The van der Waals surface area contributed by atoms with E-state index in [2.05, 4.69) is 17.0 Å². The molecule has 3 nitrogen and oxygen atoms in total. The lowest BCUT2D eigenvalue weighted by molar-refractivity contribution is -0.139. The van der Waals surface area contributed by atoms with E-state index < -0.39 is 0 Å². The first kappa shape index (κ1) is 12.8. The molecule has 1 atom stereocenters. The molecule has 2 aliphatic rings. The predicted octanol–water partition coefficient (Wildman–Crippen LogP) is 2.36. The third kappa shape index (κ3) is 2.21. The SMILES string of the molecule is O=C1CCCCC1(c1ccccc1)N1CCOCC1. The highest BCUT2D eigenvalue weighted by Gasteiger charge is 2.46. The Morgan fingerprint density at radius 3 is 2.47 bits per heavy atom. The van der Waals surface area contributed by atoms with Gasteiger partial charge >= 0.3 is 0 Å². The molecule has 1 aliphatic heterocycles. The molecule has 19 heavy (non-hydrogen) atoms. The minimum Gasteiger partial charge on any atom is -0.379 e. The van der Waals surface area contributed by atoms with Crippen molar-refractivity contribution in [3.8, 4) is 0 Å². The van der Waals surface area contributed by atoms with Gasteiger partial charge in [0, 0.05) is 19.5 Å². The summed E-state index contributed by atoms with van der Waals surface area (Å²) in [5.74, 6) is 0.395. The van der Waals surface area contributed by atoms with E-state index in [9.17, 15) is 4.79 Å². The van der Waals surface area contributed by atoms with Gasteiger partial charge in [0.25, 0.3) is 0 Å². The standard InChI is InChI=1S/C16H21NO2/c18-15-8-4-5-9-16(15,14-6-2-1-3-7-14)17-10-12-19-13-11-17/h1-3,6-7H,4-5,8-13H2. The van der Waals surface area contributed by atoms with Crippen LogP contribution < -0.4 is 0 Å². The quantitative estimate of drug-likeness (QED) is 0.816. The lowest BCUT2D eigenvalue weighted by Crippen LogP contribution is -2.57. The van der Waals surface area contributed by atoms with E-state index in [-0.39, 0.29) is 5.54 Å². The van der Waals surface area contributed by atoms with Gasteiger partial charge in [-0.3, -0.25) is 9.69 Å². The summed E-state index contributed by atoms with van der Waals surface area (Å²) in [4.78, 5) is 15.1. The number of ketones is 1. The van der Waals surface area contributed by atoms with Crippen molar-refractivity contribution in [2.24, 2.45) is 0 Å². The molecule has 2 fully saturated rings. The molecule has 0 spiro atoms. The molecule has 1 saturated heterocycles. The topological polar surface area (TPSA) is 29.5 Å². The van der Waals surface area contributed by atoms with Crippen molar-refractivity contribution in [2.45, 2.75) is 31.2 Å². The molecule has 0 aromatic heterocycles. The lowest BCUT2D eigenvalue weighted by Gasteiger charge is -2.47. The van der Waals surface area contributed by atoms with Gasteiger partial charge in [0.05, 0.1) is 13.2 Å². The maximum absolute atomic E-state index is 12.7. The van der Waals surface area contributed by atoms with Gasteiger partial charge in [0.2, 0.25) is 0 Å². The Hall–Kier alpha value is -1.19. The van der Waals surface area contributed by atoms with E-state index >= 15 is 0 Å². The van der Waals surface area contributed by atoms with Gasteiger partial charge < -0.3 is 4.74 Å². The first-order chi connectivity index (χ1) is 9.34. The van der Waals surface area contributed by atoms with Crippen molar-refractivity contribution in [1.29, 1.82) is 0 Å². The molecular weight excluding hydrogens is 238 g/mol. The average Bonchev–Trinajstić information content (AvgIpc) is 2.50. The van der Waals surface area contributed by atoms with Gasteiger partial charge in [-0.2, -0.15) is 0 Å². The molecule has 1 saturated carbocycles. The highest BCUT2D eigenvalue weighted by atomic mass is 16.5. The number of carbonyl (C=O) groups excluding carboxylic acids is 1. The van der Waals surface area contributed by atoms with Gasteiger partial charge in [-0.25, -0.2) is 0 Å². The number of rotatable bonds is 2. The highest BCUT2D eigenvalue weighted by Crippen LogP contribution is 2.40. The zero-order valence-electron chi connectivity index (χ0n) is 11.3. The second kappa shape index (κ2) is 5.43. The second-order valence-electron chi connectivity index (χ2n) is 5.46. The molecule has 0 amide bonds. The van der Waals surface area contributed by atoms with Gasteiger partial charge in [0.1, 0.15) is 5.54 Å². The molecule has 3 rings (SSSR count). The molecule has 1 aromatic rings. The van der Waals surface area contributed by atoms with E-state index in [1.165, 1.54) is 5.56 Å². The number of hydrogen-bond acceptors (Lipinski definition) is 3. The molecular formula is C16H21NO2. The van der Waals surface area contributed by atoms with Crippen molar-refractivity contribution in [1.82, 2.24) is 4.90 Å². The normalized spacial score (nSPS) is 29.4. The zero-order chi connectivity index (χ0) is 13.1. The molecule has 1 aliphatic carbocycles. The molecule has 0 N–H and O–H groups in total. The molecule has 1 heterocycles. The number of carbonyl (C=O) groups is 1. The van der Waals surface area contributed by atoms with Gasteiger partial charge in [-0.05, 0) is 18.4 Å². The van der Waals surface area contributed by atoms with Crippen LogP contribution in [0.5, 0.6) is 0 Å². The Labute approximate surface area is 114 Å². The van der Waals surface area contributed by atoms with Crippen molar-refractivity contribution in [3.63, 3.8) is 0 Å². The van der Waals surface area contributed by atoms with Gasteiger partial charge in [-0.15, -0.1) is 0 Å². The minimum absolute atomic E-state index is 0.386. The minimum atomic E-state index is -0.386. The number of benzene rings is 1. The second-order valence-corrected chi connectivity index (χ2v) is 5.46. The van der Waals surface area contributed by atoms with Crippen LogP contribution in [-0.2, 0) is 15.1 Å². The monoisotopic (exact) mass is 259 g/mol. The van der Waals surface area contributed by atoms with Crippen LogP contribution in [0.15, 0.2) is 30.3 Å². The predicted molar refractivity (Wildman–Crippen MR) is 74.0 cm³/mol. The number of Topliss-reactive ketones (excluding diaryl/α,β-unsaturated/α-hetero) is 1.